The van der Waals surface area contributed by atoms with Crippen LogP contribution in [-0.4, -0.2) is 28.3 Å². The van der Waals surface area contributed by atoms with Crippen molar-refractivity contribution in [1.82, 2.24) is 9.78 Å². The molecule has 0 bridgehead atoms. The molecule has 0 spiro atoms. The number of esters is 1. The number of nitrogens with one attached hydrogen (secondary N) is 1. The van der Waals surface area contributed by atoms with Gasteiger partial charge in [0, 0.05) is 16.2 Å². The third kappa shape index (κ3) is 4.00. The Balaban J connectivity index is 1.65. The maximum atomic E-state index is 13.6. The summed E-state index contributed by atoms with van der Waals surface area (Å²) in [7, 11) is 0. The molecule has 0 radical (unpaired) electrons. The average molecular weight is 488 g/mol. The van der Waals surface area contributed by atoms with Crippen molar-refractivity contribution in [2.45, 2.75) is 20.8 Å². The summed E-state index contributed by atoms with van der Waals surface area (Å²) in [5.41, 5.74) is 2.66. The van der Waals surface area contributed by atoms with Gasteiger partial charge in [0.1, 0.15) is 10.6 Å². The van der Waals surface area contributed by atoms with Gasteiger partial charge in [-0.25, -0.2) is 4.79 Å². The lowest BCUT2D eigenvalue weighted by molar-refractivity contribution is 0.0520. The van der Waals surface area contributed by atoms with E-state index < -0.39 is 17.4 Å². The number of aromatic nitrogens is 2. The van der Waals surface area contributed by atoms with Crippen LogP contribution in [0.15, 0.2) is 63.1 Å². The molecule has 35 heavy (non-hydrogen) atoms. The Morgan fingerprint density at radius 2 is 1.91 bits per heavy atom. The molecule has 0 aliphatic carbocycles. The molecule has 3 aromatic heterocycles. The summed E-state index contributed by atoms with van der Waals surface area (Å²) < 4.78 is 12.0. The normalized spacial score (nSPS) is 11.2. The quantitative estimate of drug-likeness (QED) is 0.340. The number of fused-ring (bicyclic) bond motifs is 2. The number of ether oxygens (including phenoxy) is 1. The lowest BCUT2D eigenvalue weighted by atomic mass is 10.1. The fourth-order valence-corrected chi connectivity index (χ4v) is 4.71. The van der Waals surface area contributed by atoms with Gasteiger partial charge in [-0.1, -0.05) is 24.3 Å². The Bertz CT molecular complexity index is 1640. The fraction of sp³-hybridized carbons (Fsp3) is 0.154. The molecular weight excluding hydrogens is 466 g/mol. The number of amides is 1. The molecule has 0 atom stereocenters. The lowest BCUT2D eigenvalue weighted by Crippen LogP contribution is -2.25. The number of benzene rings is 2. The molecule has 2 aromatic carbocycles. The van der Waals surface area contributed by atoms with Crippen molar-refractivity contribution in [3.05, 3.63) is 86.8 Å². The maximum Gasteiger partial charge on any atom is 0.359 e. The third-order valence-corrected chi connectivity index (χ3v) is 6.63. The first-order valence-corrected chi connectivity index (χ1v) is 11.8. The Morgan fingerprint density at radius 1 is 1.11 bits per heavy atom. The van der Waals surface area contributed by atoms with Crippen LogP contribution < -0.4 is 10.9 Å². The summed E-state index contributed by atoms with van der Waals surface area (Å²) in [5.74, 6) is -1.04. The highest BCUT2D eigenvalue weighted by atomic mass is 32.1. The predicted molar refractivity (Wildman–Crippen MR) is 135 cm³/mol. The zero-order chi connectivity index (χ0) is 24.7. The summed E-state index contributed by atoms with van der Waals surface area (Å²) >= 11 is 1.13. The summed E-state index contributed by atoms with van der Waals surface area (Å²) in [6.45, 7) is 5.75. The van der Waals surface area contributed by atoms with Gasteiger partial charge in [-0.2, -0.15) is 9.78 Å². The van der Waals surface area contributed by atoms with E-state index in [0.29, 0.717) is 21.7 Å². The minimum Gasteiger partial charge on any atom is -0.461 e. The Morgan fingerprint density at radius 3 is 2.66 bits per heavy atom. The van der Waals surface area contributed by atoms with E-state index in [2.05, 4.69) is 10.4 Å². The van der Waals surface area contributed by atoms with Crippen LogP contribution in [-0.2, 0) is 4.74 Å². The van der Waals surface area contributed by atoms with Gasteiger partial charge in [-0.3, -0.25) is 9.59 Å². The summed E-state index contributed by atoms with van der Waals surface area (Å²) in [5, 5.41) is 10.3. The number of anilines is 1. The van der Waals surface area contributed by atoms with Crippen LogP contribution in [0.25, 0.3) is 27.4 Å². The predicted octanol–water partition coefficient (Wildman–Crippen LogP) is 5.24. The number of hydrogen-bond donors (Lipinski definition) is 1. The van der Waals surface area contributed by atoms with Crippen molar-refractivity contribution in [3.63, 3.8) is 0 Å². The highest BCUT2D eigenvalue weighted by molar-refractivity contribution is 7.16. The number of carbonyl (C=O) groups is 2. The second kappa shape index (κ2) is 8.84. The first-order valence-electron chi connectivity index (χ1n) is 11.0. The van der Waals surface area contributed by atoms with E-state index in [4.69, 9.17) is 9.15 Å². The first-order chi connectivity index (χ1) is 16.9. The number of thiophene rings is 1. The molecule has 176 valence electrons. The molecule has 0 saturated heterocycles. The highest BCUT2D eigenvalue weighted by Gasteiger charge is 2.24. The van der Waals surface area contributed by atoms with Gasteiger partial charge in [0.05, 0.1) is 17.7 Å². The van der Waals surface area contributed by atoms with Gasteiger partial charge in [-0.15, -0.1) is 11.3 Å². The van der Waals surface area contributed by atoms with Crippen molar-refractivity contribution >= 4 is 50.0 Å². The Kier molecular flexibility index (Phi) is 5.70. The zero-order valence-electron chi connectivity index (χ0n) is 19.2. The second-order valence-corrected chi connectivity index (χ2v) is 8.89. The topological polar surface area (TPSA) is 103 Å². The summed E-state index contributed by atoms with van der Waals surface area (Å²) in [6.07, 6.45) is 0. The first kappa shape index (κ1) is 22.5. The molecule has 8 nitrogen and oxygen atoms in total. The summed E-state index contributed by atoms with van der Waals surface area (Å²) in [6, 6.07) is 14.4. The molecule has 1 amide bonds. The van der Waals surface area contributed by atoms with Crippen LogP contribution in [0, 0.1) is 13.8 Å². The molecule has 0 aliphatic heterocycles. The van der Waals surface area contributed by atoms with E-state index >= 15 is 0 Å². The third-order valence-electron chi connectivity index (χ3n) is 5.73. The van der Waals surface area contributed by atoms with Crippen LogP contribution in [0.5, 0.6) is 0 Å². The van der Waals surface area contributed by atoms with Crippen LogP contribution in [0.2, 0.25) is 0 Å². The van der Waals surface area contributed by atoms with Gasteiger partial charge >= 0.3 is 5.97 Å². The smallest absolute Gasteiger partial charge is 0.359 e. The van der Waals surface area contributed by atoms with E-state index in [1.165, 1.54) is 4.68 Å². The molecule has 0 unspecified atom stereocenters. The number of para-hydroxylation sites is 1. The van der Waals surface area contributed by atoms with Gasteiger partial charge in [0.2, 0.25) is 0 Å². The average Bonchev–Trinajstić information content (AvgIpc) is 3.46. The molecule has 0 aliphatic rings. The molecule has 5 rings (SSSR count). The van der Waals surface area contributed by atoms with Crippen LogP contribution in [0.3, 0.4) is 0 Å². The van der Waals surface area contributed by atoms with Crippen molar-refractivity contribution in [1.29, 1.82) is 0 Å². The molecule has 0 saturated carbocycles. The monoisotopic (exact) mass is 487 g/mol. The SMILES string of the molecule is CCOC(=O)c1nn(-c2ccc(C)c(C)c2)c(=O)c2c(NC(=O)c3cc4ccccc4o3)scc12. The highest BCUT2D eigenvalue weighted by Crippen LogP contribution is 2.31. The molecule has 1 N–H and O–H groups in total. The Hall–Kier alpha value is -4.24. The van der Waals surface area contributed by atoms with E-state index in [1.54, 1.807) is 30.5 Å². The van der Waals surface area contributed by atoms with E-state index in [9.17, 15) is 14.4 Å². The van der Waals surface area contributed by atoms with Crippen LogP contribution >= 0.6 is 11.3 Å². The zero-order valence-corrected chi connectivity index (χ0v) is 20.1. The second-order valence-electron chi connectivity index (χ2n) is 8.01. The number of furan rings is 1. The van der Waals surface area contributed by atoms with Gasteiger partial charge in [0.15, 0.2) is 11.5 Å². The lowest BCUT2D eigenvalue weighted by Gasteiger charge is -2.11. The number of carbonyl (C=O) groups excluding carboxylic acids is 2. The van der Waals surface area contributed by atoms with E-state index in [0.717, 1.165) is 27.8 Å². The number of nitrogens with zero attached hydrogens (tertiary/aromatic N) is 2. The standard InChI is InChI=1S/C26H21N3O5S/c1-4-33-26(32)22-18-13-35-24(27-23(30)20-12-16-7-5-6-8-19(16)34-20)21(18)25(31)29(28-22)17-10-9-14(2)15(3)11-17/h5-13H,4H2,1-3H3,(H,27,30). The molecule has 0 fully saturated rings. The van der Waals surface area contributed by atoms with Gasteiger partial charge in [0.25, 0.3) is 11.5 Å². The Labute approximate surface area is 203 Å². The van der Waals surface area contributed by atoms with E-state index in [1.807, 2.05) is 44.2 Å². The minimum absolute atomic E-state index is 0.000152. The van der Waals surface area contributed by atoms with Crippen molar-refractivity contribution in [2.24, 2.45) is 0 Å². The molecule has 3 heterocycles. The number of hydrogen-bond acceptors (Lipinski definition) is 7. The minimum atomic E-state index is -0.650. The maximum absolute atomic E-state index is 13.6. The largest absolute Gasteiger partial charge is 0.461 e. The number of aryl methyl sites for hydroxylation is 2. The van der Waals surface area contributed by atoms with Crippen LogP contribution in [0.4, 0.5) is 5.00 Å². The van der Waals surface area contributed by atoms with E-state index in [-0.39, 0.29) is 23.4 Å². The van der Waals surface area contributed by atoms with Crippen molar-refractivity contribution in [2.75, 3.05) is 11.9 Å². The fourth-order valence-electron chi connectivity index (χ4n) is 3.78. The molecule has 9 heteroatoms. The van der Waals surface area contributed by atoms with Crippen LogP contribution in [0.1, 0.15) is 39.1 Å². The number of rotatable bonds is 5. The summed E-state index contributed by atoms with van der Waals surface area (Å²) in [4.78, 5) is 39.3. The molecular formula is C26H21N3O5S. The van der Waals surface area contributed by atoms with Crippen molar-refractivity contribution < 1.29 is 18.7 Å². The van der Waals surface area contributed by atoms with Crippen molar-refractivity contribution in [3.8, 4) is 5.69 Å². The molecule has 5 aromatic rings. The van der Waals surface area contributed by atoms with Gasteiger partial charge in [-0.05, 0) is 56.2 Å². The van der Waals surface area contributed by atoms with Gasteiger partial charge < -0.3 is 14.5 Å².